The molecule has 0 spiro atoms. The normalized spacial score (nSPS) is 21.2. The first-order valence-corrected chi connectivity index (χ1v) is 7.92. The number of aromatic nitrogens is 4. The summed E-state index contributed by atoms with van der Waals surface area (Å²) in [5.74, 6) is 0. The summed E-state index contributed by atoms with van der Waals surface area (Å²) < 4.78 is 0. The van der Waals surface area contributed by atoms with Gasteiger partial charge in [0.1, 0.15) is 11.3 Å². The van der Waals surface area contributed by atoms with Crippen molar-refractivity contribution in [1.29, 1.82) is 0 Å². The second-order valence-electron chi connectivity index (χ2n) is 6.06. The van der Waals surface area contributed by atoms with E-state index in [4.69, 9.17) is 4.98 Å². The number of hydrogen-bond acceptors (Lipinski definition) is 5. The topological polar surface area (TPSA) is 77.9 Å². The van der Waals surface area contributed by atoms with Crippen molar-refractivity contribution >= 4 is 16.6 Å². The van der Waals surface area contributed by atoms with E-state index in [1.807, 2.05) is 18.2 Å². The van der Waals surface area contributed by atoms with Crippen LogP contribution in [0, 0.1) is 0 Å². The highest BCUT2D eigenvalue weighted by Gasteiger charge is 2.40. The monoisotopic (exact) mass is 309 g/mol. The number of anilines is 1. The van der Waals surface area contributed by atoms with Crippen LogP contribution in [0.2, 0.25) is 0 Å². The van der Waals surface area contributed by atoms with Crippen LogP contribution in [-0.2, 0) is 12.0 Å². The molecule has 0 bridgehead atoms. The number of nitrogens with one attached hydrogen (secondary N) is 1. The van der Waals surface area contributed by atoms with E-state index < -0.39 is 5.60 Å². The molecule has 0 amide bonds. The minimum Gasteiger partial charge on any atom is -0.381 e. The quantitative estimate of drug-likeness (QED) is 0.774. The second kappa shape index (κ2) is 5.31. The molecule has 3 aromatic rings. The zero-order chi connectivity index (χ0) is 15.9. The Kier molecular flexibility index (Phi) is 3.27. The molecule has 1 fully saturated rings. The van der Waals surface area contributed by atoms with Crippen molar-refractivity contribution in [3.05, 3.63) is 47.9 Å². The minimum absolute atomic E-state index is 0.511. The van der Waals surface area contributed by atoms with Gasteiger partial charge in [0.05, 0.1) is 18.3 Å². The lowest BCUT2D eigenvalue weighted by molar-refractivity contribution is 0.0560. The summed E-state index contributed by atoms with van der Waals surface area (Å²) in [4.78, 5) is 6.92. The fourth-order valence-corrected chi connectivity index (χ4v) is 3.29. The molecule has 4 rings (SSSR count). The van der Waals surface area contributed by atoms with E-state index in [2.05, 4.69) is 39.4 Å². The minimum atomic E-state index is -0.955. The molecule has 2 N–H and O–H groups in total. The van der Waals surface area contributed by atoms with Gasteiger partial charge >= 0.3 is 0 Å². The largest absolute Gasteiger partial charge is 0.381 e. The third kappa shape index (κ3) is 2.35. The zero-order valence-corrected chi connectivity index (χ0v) is 13.0. The summed E-state index contributed by atoms with van der Waals surface area (Å²) >= 11 is 0. The molecule has 1 aliphatic heterocycles. The maximum atomic E-state index is 10.9. The van der Waals surface area contributed by atoms with E-state index in [-0.39, 0.29) is 0 Å². The highest BCUT2D eigenvalue weighted by molar-refractivity contribution is 5.92. The van der Waals surface area contributed by atoms with Crippen LogP contribution in [0.25, 0.3) is 10.9 Å². The van der Waals surface area contributed by atoms with E-state index in [1.165, 1.54) is 0 Å². The maximum absolute atomic E-state index is 10.9. The van der Waals surface area contributed by atoms with Gasteiger partial charge in [0, 0.05) is 29.7 Å². The smallest absolute Gasteiger partial charge is 0.129 e. The van der Waals surface area contributed by atoms with Gasteiger partial charge in [0.15, 0.2) is 0 Å². The van der Waals surface area contributed by atoms with Gasteiger partial charge in [-0.25, -0.2) is 0 Å². The van der Waals surface area contributed by atoms with Crippen LogP contribution >= 0.6 is 0 Å². The van der Waals surface area contributed by atoms with Crippen molar-refractivity contribution in [2.24, 2.45) is 0 Å². The number of aromatic amines is 1. The van der Waals surface area contributed by atoms with E-state index in [0.717, 1.165) is 35.2 Å². The molecule has 0 unspecified atom stereocenters. The number of nitrogens with zero attached hydrogens (tertiary/aromatic N) is 4. The summed E-state index contributed by atoms with van der Waals surface area (Å²) in [6, 6.07) is 10.3. The fraction of sp³-hybridized carbons (Fsp3) is 0.353. The Balaban J connectivity index is 1.75. The number of aliphatic hydroxyl groups is 1. The summed E-state index contributed by atoms with van der Waals surface area (Å²) in [6.45, 7) is 3.40. The van der Waals surface area contributed by atoms with Crippen LogP contribution in [-0.4, -0.2) is 38.6 Å². The summed E-state index contributed by atoms with van der Waals surface area (Å²) in [5.41, 5.74) is 2.85. The van der Waals surface area contributed by atoms with E-state index in [0.29, 0.717) is 18.7 Å². The van der Waals surface area contributed by atoms with Gasteiger partial charge in [0.2, 0.25) is 0 Å². The molecule has 23 heavy (non-hydrogen) atoms. The van der Waals surface area contributed by atoms with Gasteiger partial charge in [0.25, 0.3) is 0 Å². The van der Waals surface area contributed by atoms with Crippen LogP contribution in [0.4, 0.5) is 5.69 Å². The molecule has 1 saturated heterocycles. The van der Waals surface area contributed by atoms with Gasteiger partial charge < -0.3 is 10.0 Å². The number of rotatable bonds is 3. The molecule has 1 aromatic carbocycles. The Bertz CT molecular complexity index is 832. The molecule has 1 atom stereocenters. The van der Waals surface area contributed by atoms with E-state index in [9.17, 15) is 5.11 Å². The number of H-pyrrole nitrogens is 1. The van der Waals surface area contributed by atoms with Gasteiger partial charge in [-0.3, -0.25) is 4.98 Å². The Morgan fingerprint density at radius 3 is 3.00 bits per heavy atom. The van der Waals surface area contributed by atoms with E-state index >= 15 is 0 Å². The molecular weight excluding hydrogens is 290 g/mol. The molecular formula is C17H19N5O. The fourth-order valence-electron chi connectivity index (χ4n) is 3.29. The van der Waals surface area contributed by atoms with Crippen LogP contribution in [0.5, 0.6) is 0 Å². The van der Waals surface area contributed by atoms with Crippen LogP contribution in [0.15, 0.2) is 36.5 Å². The maximum Gasteiger partial charge on any atom is 0.129 e. The number of aryl methyl sites for hydroxylation is 1. The standard InChI is InChI=1S/C17H19N5O/c1-2-12-9-15(13-5-3-4-6-14(13)19-12)22-8-7-17(23,11-22)16-10-18-21-20-16/h3-6,9-10,23H,2,7-8,11H2,1H3,(H,18,20,21)/t17-/m0/s1. The highest BCUT2D eigenvalue weighted by Crippen LogP contribution is 2.36. The predicted octanol–water partition coefficient (Wildman–Crippen LogP) is 2.01. The molecule has 118 valence electrons. The molecule has 6 nitrogen and oxygen atoms in total. The average Bonchev–Trinajstić information content (AvgIpc) is 3.24. The summed E-state index contributed by atoms with van der Waals surface area (Å²) in [6.07, 6.45) is 3.13. The second-order valence-corrected chi connectivity index (χ2v) is 6.06. The molecule has 0 aliphatic carbocycles. The Morgan fingerprint density at radius 2 is 2.22 bits per heavy atom. The number of benzene rings is 1. The average molecular weight is 309 g/mol. The van der Waals surface area contributed by atoms with Gasteiger partial charge in [-0.1, -0.05) is 25.1 Å². The number of para-hydroxylation sites is 1. The molecule has 6 heteroatoms. The Labute approximate surface area is 134 Å². The third-order valence-electron chi connectivity index (χ3n) is 4.59. The SMILES string of the molecule is CCc1cc(N2CC[C@@](O)(c3cn[nH]n3)C2)c2ccccc2n1. The van der Waals surface area contributed by atoms with Crippen molar-refractivity contribution in [2.45, 2.75) is 25.4 Å². The van der Waals surface area contributed by atoms with Crippen LogP contribution in [0.3, 0.4) is 0 Å². The summed E-state index contributed by atoms with van der Waals surface area (Å²) in [7, 11) is 0. The number of hydrogen-bond donors (Lipinski definition) is 2. The van der Waals surface area contributed by atoms with Crippen molar-refractivity contribution in [2.75, 3.05) is 18.0 Å². The first-order valence-electron chi connectivity index (χ1n) is 7.92. The van der Waals surface area contributed by atoms with Crippen molar-refractivity contribution in [3.63, 3.8) is 0 Å². The lowest BCUT2D eigenvalue weighted by atomic mass is 10.00. The number of pyridine rings is 1. The highest BCUT2D eigenvalue weighted by atomic mass is 16.3. The van der Waals surface area contributed by atoms with Crippen molar-refractivity contribution in [1.82, 2.24) is 20.4 Å². The van der Waals surface area contributed by atoms with Crippen LogP contribution in [0.1, 0.15) is 24.7 Å². The molecule has 0 radical (unpaired) electrons. The lowest BCUT2D eigenvalue weighted by Gasteiger charge is -2.24. The third-order valence-corrected chi connectivity index (χ3v) is 4.59. The zero-order valence-electron chi connectivity index (χ0n) is 13.0. The Hall–Kier alpha value is -2.47. The van der Waals surface area contributed by atoms with Gasteiger partial charge in [-0.15, -0.1) is 0 Å². The molecule has 0 saturated carbocycles. The predicted molar refractivity (Wildman–Crippen MR) is 88.2 cm³/mol. The first kappa shape index (κ1) is 14.1. The van der Waals surface area contributed by atoms with Crippen molar-refractivity contribution in [3.8, 4) is 0 Å². The number of β-amino-alcohol motifs (C(OH)–C–C–N with tert-alkyl or cyclic N) is 1. The van der Waals surface area contributed by atoms with Crippen LogP contribution < -0.4 is 4.90 Å². The first-order chi connectivity index (χ1) is 11.2. The van der Waals surface area contributed by atoms with Gasteiger partial charge in [-0.05, 0) is 18.6 Å². The van der Waals surface area contributed by atoms with Crippen molar-refractivity contribution < 1.29 is 5.11 Å². The Morgan fingerprint density at radius 1 is 1.35 bits per heavy atom. The van der Waals surface area contributed by atoms with E-state index in [1.54, 1.807) is 6.20 Å². The molecule has 1 aliphatic rings. The van der Waals surface area contributed by atoms with Gasteiger partial charge in [-0.2, -0.15) is 15.4 Å². The molecule has 3 heterocycles. The number of fused-ring (bicyclic) bond motifs is 1. The summed E-state index contributed by atoms with van der Waals surface area (Å²) in [5, 5.41) is 22.5. The molecule has 2 aromatic heterocycles. The lowest BCUT2D eigenvalue weighted by Crippen LogP contribution is -2.31.